The smallest absolute Gasteiger partial charge is 0.346 e. The third kappa shape index (κ3) is 2.46. The number of halogens is 1. The lowest BCUT2D eigenvalue weighted by atomic mass is 10.2. The number of thioether (sulfide) groups is 1. The van der Waals surface area contributed by atoms with Crippen molar-refractivity contribution in [3.8, 4) is 0 Å². The second-order valence-corrected chi connectivity index (χ2v) is 5.69. The zero-order valence-electron chi connectivity index (χ0n) is 9.64. The van der Waals surface area contributed by atoms with E-state index in [2.05, 4.69) is 9.97 Å². The van der Waals surface area contributed by atoms with Crippen LogP contribution in [0.15, 0.2) is 11.4 Å². The molecule has 0 aromatic carbocycles. The fourth-order valence-corrected chi connectivity index (χ4v) is 3.59. The molecule has 0 aliphatic heterocycles. The Hall–Kier alpha value is -1.21. The minimum atomic E-state index is -0.949. The van der Waals surface area contributed by atoms with Crippen molar-refractivity contribution < 1.29 is 14.3 Å². The Labute approximate surface area is 111 Å². The van der Waals surface area contributed by atoms with Gasteiger partial charge in [-0.25, -0.2) is 14.8 Å². The molecule has 0 radical (unpaired) electrons. The molecule has 0 amide bonds. The van der Waals surface area contributed by atoms with Crippen LogP contribution in [0.1, 0.15) is 21.7 Å². The highest BCUT2D eigenvalue weighted by Crippen LogP contribution is 2.35. The van der Waals surface area contributed by atoms with Gasteiger partial charge in [0.15, 0.2) is 0 Å². The molecule has 0 saturated heterocycles. The monoisotopic (exact) mass is 286 g/mol. The summed E-state index contributed by atoms with van der Waals surface area (Å²) in [5.41, 5.74) is 0.686. The number of nitrogens with zero attached hydrogens (tertiary/aromatic N) is 2. The molecule has 0 bridgehead atoms. The number of aryl methyl sites for hydroxylation is 1. The molecule has 0 aliphatic carbocycles. The minimum Gasteiger partial charge on any atom is -0.477 e. The SMILES string of the molecule is Cc1c(C(=O)O)sc2ncnc(SCCCF)c12. The first-order chi connectivity index (χ1) is 8.65. The summed E-state index contributed by atoms with van der Waals surface area (Å²) in [4.78, 5) is 20.3. The number of carbonyl (C=O) groups is 1. The zero-order valence-corrected chi connectivity index (χ0v) is 11.3. The van der Waals surface area contributed by atoms with Gasteiger partial charge in [-0.2, -0.15) is 0 Å². The van der Waals surface area contributed by atoms with Crippen molar-refractivity contribution in [3.05, 3.63) is 16.8 Å². The number of hydrogen-bond acceptors (Lipinski definition) is 5. The molecular formula is C11H11FN2O2S2. The summed E-state index contributed by atoms with van der Waals surface area (Å²) in [6.07, 6.45) is 1.88. The van der Waals surface area contributed by atoms with Crippen LogP contribution < -0.4 is 0 Å². The molecule has 1 N–H and O–H groups in total. The van der Waals surface area contributed by atoms with Crippen molar-refractivity contribution in [1.29, 1.82) is 0 Å². The second kappa shape index (κ2) is 5.62. The normalized spacial score (nSPS) is 11.0. The Bertz CT molecular complexity index is 586. The Morgan fingerprint density at radius 3 is 3.00 bits per heavy atom. The molecule has 2 heterocycles. The van der Waals surface area contributed by atoms with Crippen molar-refractivity contribution in [3.63, 3.8) is 0 Å². The summed E-state index contributed by atoms with van der Waals surface area (Å²) >= 11 is 2.58. The molecule has 18 heavy (non-hydrogen) atoms. The maximum absolute atomic E-state index is 12.1. The highest BCUT2D eigenvalue weighted by Gasteiger charge is 2.18. The lowest BCUT2D eigenvalue weighted by Crippen LogP contribution is -1.94. The number of carboxylic acid groups (broad SMARTS) is 1. The molecule has 0 unspecified atom stereocenters. The van der Waals surface area contributed by atoms with Gasteiger partial charge >= 0.3 is 5.97 Å². The van der Waals surface area contributed by atoms with Gasteiger partial charge in [-0.1, -0.05) is 0 Å². The van der Waals surface area contributed by atoms with Gasteiger partial charge in [0.1, 0.15) is 21.1 Å². The van der Waals surface area contributed by atoms with Crippen LogP contribution in [-0.2, 0) is 0 Å². The number of alkyl halides is 1. The summed E-state index contributed by atoms with van der Waals surface area (Å²) in [7, 11) is 0. The van der Waals surface area contributed by atoms with Crippen molar-refractivity contribution in [2.24, 2.45) is 0 Å². The van der Waals surface area contributed by atoms with Crippen LogP contribution in [0, 0.1) is 6.92 Å². The molecule has 4 nitrogen and oxygen atoms in total. The minimum absolute atomic E-state index is 0.290. The van der Waals surface area contributed by atoms with Crippen LogP contribution in [0.2, 0.25) is 0 Å². The number of carboxylic acids is 1. The molecule has 2 aromatic rings. The molecule has 0 aliphatic rings. The molecule has 0 saturated carbocycles. The van der Waals surface area contributed by atoms with E-state index in [4.69, 9.17) is 5.11 Å². The fraction of sp³-hybridized carbons (Fsp3) is 0.364. The average Bonchev–Trinajstić information content (AvgIpc) is 2.68. The van der Waals surface area contributed by atoms with E-state index < -0.39 is 5.97 Å². The number of hydrogen-bond donors (Lipinski definition) is 1. The molecule has 0 spiro atoms. The molecule has 0 fully saturated rings. The van der Waals surface area contributed by atoms with Crippen LogP contribution in [0.5, 0.6) is 0 Å². The van der Waals surface area contributed by atoms with E-state index in [9.17, 15) is 9.18 Å². The van der Waals surface area contributed by atoms with E-state index in [1.54, 1.807) is 6.92 Å². The predicted molar refractivity (Wildman–Crippen MR) is 70.4 cm³/mol. The summed E-state index contributed by atoms with van der Waals surface area (Å²) in [6.45, 7) is 1.40. The standard InChI is InChI=1S/C11H11FN2O2S2/c1-6-7-9(17-4-2-3-12)13-5-14-10(7)18-8(6)11(15)16/h5H,2-4H2,1H3,(H,15,16). The zero-order chi connectivity index (χ0) is 13.1. The van der Waals surface area contributed by atoms with E-state index in [1.165, 1.54) is 18.1 Å². The quantitative estimate of drug-likeness (QED) is 0.519. The molecule has 7 heteroatoms. The second-order valence-electron chi connectivity index (χ2n) is 3.61. The average molecular weight is 286 g/mol. The first kappa shape index (κ1) is 13.2. The Morgan fingerprint density at radius 1 is 1.56 bits per heavy atom. The maximum atomic E-state index is 12.1. The largest absolute Gasteiger partial charge is 0.477 e. The third-order valence-electron chi connectivity index (χ3n) is 2.40. The van der Waals surface area contributed by atoms with Gasteiger partial charge in [0.2, 0.25) is 0 Å². The number of thiophene rings is 1. The number of aromatic carboxylic acids is 1. The van der Waals surface area contributed by atoms with Crippen molar-refractivity contribution in [2.45, 2.75) is 18.4 Å². The van der Waals surface area contributed by atoms with E-state index in [1.807, 2.05) is 0 Å². The Kier molecular flexibility index (Phi) is 4.13. The van der Waals surface area contributed by atoms with Crippen molar-refractivity contribution in [2.75, 3.05) is 12.4 Å². The first-order valence-electron chi connectivity index (χ1n) is 5.31. The molecule has 2 rings (SSSR count). The van der Waals surface area contributed by atoms with Crippen LogP contribution >= 0.6 is 23.1 Å². The number of fused-ring (bicyclic) bond motifs is 1. The van der Waals surface area contributed by atoms with E-state index in [-0.39, 0.29) is 11.6 Å². The van der Waals surface area contributed by atoms with Crippen LogP contribution in [0.25, 0.3) is 10.2 Å². The topological polar surface area (TPSA) is 63.1 Å². The van der Waals surface area contributed by atoms with Crippen molar-refractivity contribution in [1.82, 2.24) is 9.97 Å². The maximum Gasteiger partial charge on any atom is 0.346 e. The highest BCUT2D eigenvalue weighted by molar-refractivity contribution is 7.99. The highest BCUT2D eigenvalue weighted by atomic mass is 32.2. The lowest BCUT2D eigenvalue weighted by Gasteiger charge is -2.01. The summed E-state index contributed by atoms with van der Waals surface area (Å²) in [5.74, 6) is -0.324. The van der Waals surface area contributed by atoms with Gasteiger partial charge in [0.05, 0.1) is 6.67 Å². The Balaban J connectivity index is 2.44. The summed E-state index contributed by atoms with van der Waals surface area (Å²) < 4.78 is 12.1. The Morgan fingerprint density at radius 2 is 2.33 bits per heavy atom. The van der Waals surface area contributed by atoms with Gasteiger partial charge in [0.25, 0.3) is 0 Å². The fourth-order valence-electron chi connectivity index (χ4n) is 1.58. The van der Waals surface area contributed by atoms with Gasteiger partial charge in [-0.15, -0.1) is 23.1 Å². The van der Waals surface area contributed by atoms with E-state index >= 15 is 0 Å². The summed E-state index contributed by atoms with van der Waals surface area (Å²) in [5, 5.41) is 10.6. The van der Waals surface area contributed by atoms with E-state index in [0.717, 1.165) is 21.7 Å². The van der Waals surface area contributed by atoms with Crippen LogP contribution in [-0.4, -0.2) is 33.5 Å². The predicted octanol–water partition coefficient (Wildman–Crippen LogP) is 3.15. The molecular weight excluding hydrogens is 275 g/mol. The third-order valence-corrected chi connectivity index (χ3v) is 4.67. The number of rotatable bonds is 5. The van der Waals surface area contributed by atoms with E-state index in [0.29, 0.717) is 22.6 Å². The van der Waals surface area contributed by atoms with Gasteiger partial charge in [-0.3, -0.25) is 4.39 Å². The van der Waals surface area contributed by atoms with Crippen LogP contribution in [0.4, 0.5) is 4.39 Å². The van der Waals surface area contributed by atoms with Gasteiger partial charge in [0, 0.05) is 11.1 Å². The number of aromatic nitrogens is 2. The first-order valence-corrected chi connectivity index (χ1v) is 7.11. The molecule has 0 atom stereocenters. The van der Waals surface area contributed by atoms with Crippen molar-refractivity contribution >= 4 is 39.3 Å². The molecule has 2 aromatic heterocycles. The molecule has 96 valence electrons. The summed E-state index contributed by atoms with van der Waals surface area (Å²) in [6, 6.07) is 0. The van der Waals surface area contributed by atoms with Crippen LogP contribution in [0.3, 0.4) is 0 Å². The lowest BCUT2D eigenvalue weighted by molar-refractivity contribution is 0.0701. The van der Waals surface area contributed by atoms with Gasteiger partial charge < -0.3 is 5.11 Å². The van der Waals surface area contributed by atoms with Gasteiger partial charge in [-0.05, 0) is 18.9 Å².